The molecule has 0 fully saturated rings. The molecule has 13 nitrogen and oxygen atoms in total. The summed E-state index contributed by atoms with van der Waals surface area (Å²) in [6.07, 6.45) is 1.81. The topological polar surface area (TPSA) is 230 Å². The number of ether oxygens (including phenoxy) is 1. The predicted molar refractivity (Wildman–Crippen MR) is 213 cm³/mol. The number of halogens is 2. The first-order valence-electron chi connectivity index (χ1n) is 17.2. The lowest BCUT2D eigenvalue weighted by Gasteiger charge is -2.25. The number of nitrogens with one attached hydrogen (secondary N) is 3. The molecule has 0 aliphatic rings. The third kappa shape index (κ3) is 12.5. The number of carbonyl (C=O) groups excluding carboxylic acids is 4. The summed E-state index contributed by atoms with van der Waals surface area (Å²) in [5.74, 6) is -2.15. The molecule has 1 heterocycles. The molecule has 0 radical (unpaired) electrons. The highest BCUT2D eigenvalue weighted by Crippen LogP contribution is 2.27. The van der Waals surface area contributed by atoms with Gasteiger partial charge in [-0.3, -0.25) is 24.2 Å². The Morgan fingerprint density at radius 3 is 2.06 bits per heavy atom. The molecule has 54 heavy (non-hydrogen) atoms. The molecule has 0 bridgehead atoms. The maximum atomic E-state index is 13.8. The van der Waals surface area contributed by atoms with Crippen molar-refractivity contribution in [2.75, 3.05) is 13.1 Å². The second kappa shape index (κ2) is 20.9. The first-order chi connectivity index (χ1) is 26.0. The Hall–Kier alpha value is -5.15. The van der Waals surface area contributed by atoms with Gasteiger partial charge in [0.15, 0.2) is 5.96 Å². The van der Waals surface area contributed by atoms with E-state index in [1.54, 1.807) is 48.5 Å². The van der Waals surface area contributed by atoms with Gasteiger partial charge in [0.1, 0.15) is 30.5 Å². The van der Waals surface area contributed by atoms with E-state index in [4.69, 9.17) is 50.9 Å². The van der Waals surface area contributed by atoms with Gasteiger partial charge in [-0.1, -0.05) is 71.7 Å². The summed E-state index contributed by atoms with van der Waals surface area (Å²) in [6.45, 7) is 0.700. The fourth-order valence-electron chi connectivity index (χ4n) is 5.42. The Labute approximate surface area is 327 Å². The van der Waals surface area contributed by atoms with Crippen LogP contribution >= 0.6 is 34.5 Å². The maximum Gasteiger partial charge on any atom is 0.262 e. The second-order valence-electron chi connectivity index (χ2n) is 12.3. The Morgan fingerprint density at radius 1 is 0.759 bits per heavy atom. The molecule has 1 aromatic heterocycles. The van der Waals surface area contributed by atoms with Gasteiger partial charge in [-0.25, -0.2) is 0 Å². The third-order valence-corrected chi connectivity index (χ3v) is 9.94. The second-order valence-corrected chi connectivity index (χ2v) is 14.0. The molecule has 0 aliphatic carbocycles. The highest BCUT2D eigenvalue weighted by Gasteiger charge is 2.30. The molecule has 3 aromatic carbocycles. The van der Waals surface area contributed by atoms with E-state index in [-0.39, 0.29) is 32.0 Å². The fourth-order valence-corrected chi connectivity index (χ4v) is 6.74. The van der Waals surface area contributed by atoms with E-state index in [0.29, 0.717) is 57.6 Å². The Balaban J connectivity index is 1.47. The quantitative estimate of drug-likeness (QED) is 0.0384. The van der Waals surface area contributed by atoms with Gasteiger partial charge in [0.2, 0.25) is 17.7 Å². The molecule has 4 amide bonds. The number of hydrogen-bond donors (Lipinski definition) is 7. The van der Waals surface area contributed by atoms with Crippen LogP contribution < -0.4 is 43.6 Å². The highest BCUT2D eigenvalue weighted by molar-refractivity contribution is 7.12. The van der Waals surface area contributed by atoms with Crippen molar-refractivity contribution in [3.8, 4) is 16.9 Å². The molecule has 3 atom stereocenters. The van der Waals surface area contributed by atoms with Gasteiger partial charge in [0.25, 0.3) is 5.91 Å². The largest absolute Gasteiger partial charge is 0.489 e. The van der Waals surface area contributed by atoms with Crippen LogP contribution in [0.2, 0.25) is 10.0 Å². The van der Waals surface area contributed by atoms with E-state index in [9.17, 15) is 19.2 Å². The molecule has 4 rings (SSSR count). The first-order valence-corrected chi connectivity index (χ1v) is 18.9. The summed E-state index contributed by atoms with van der Waals surface area (Å²) in [5, 5.41) is 11.1. The predicted octanol–water partition coefficient (Wildman–Crippen LogP) is 4.41. The molecule has 0 saturated carbocycles. The summed E-state index contributed by atoms with van der Waals surface area (Å²) < 4.78 is 5.83. The number of carbonyl (C=O) groups is 4. The molecule has 11 N–H and O–H groups in total. The molecule has 4 aromatic rings. The van der Waals surface area contributed by atoms with Gasteiger partial charge < -0.3 is 43.6 Å². The summed E-state index contributed by atoms with van der Waals surface area (Å²) in [5.41, 5.74) is 25.2. The van der Waals surface area contributed by atoms with E-state index in [0.717, 1.165) is 11.1 Å². The van der Waals surface area contributed by atoms with Gasteiger partial charge in [-0.05, 0) is 91.1 Å². The van der Waals surface area contributed by atoms with Crippen LogP contribution in [0.5, 0.6) is 5.75 Å². The van der Waals surface area contributed by atoms with Crippen molar-refractivity contribution < 1.29 is 23.9 Å². The number of guanidine groups is 1. The van der Waals surface area contributed by atoms with Crippen LogP contribution in [0.1, 0.15) is 58.9 Å². The van der Waals surface area contributed by atoms with Crippen LogP contribution in [0.3, 0.4) is 0 Å². The zero-order valence-electron chi connectivity index (χ0n) is 29.4. The average molecular weight is 796 g/mol. The molecule has 286 valence electrons. The van der Waals surface area contributed by atoms with Crippen molar-refractivity contribution in [3.63, 3.8) is 0 Å². The van der Waals surface area contributed by atoms with Gasteiger partial charge in [0.05, 0.1) is 4.88 Å². The minimum Gasteiger partial charge on any atom is -0.489 e. The van der Waals surface area contributed by atoms with Crippen molar-refractivity contribution >= 4 is 64.1 Å². The molecular weight excluding hydrogens is 751 g/mol. The Morgan fingerprint density at radius 2 is 1.41 bits per heavy atom. The van der Waals surface area contributed by atoms with Gasteiger partial charge in [-0.2, -0.15) is 0 Å². The Bertz CT molecular complexity index is 1880. The number of thiophene rings is 1. The summed E-state index contributed by atoms with van der Waals surface area (Å²) in [4.78, 5) is 58.0. The molecular formula is C38H44Cl2N8O5S. The smallest absolute Gasteiger partial charge is 0.262 e. The van der Waals surface area contributed by atoms with Crippen LogP contribution in [0.4, 0.5) is 0 Å². The van der Waals surface area contributed by atoms with Crippen LogP contribution in [-0.2, 0) is 21.0 Å². The minimum absolute atomic E-state index is 0.100. The SMILES string of the molecule is NCCCC[C@H](NC(=O)[C@H](CCCN=C(N)N)NC(=O)c1cc(-c2ccccc2)cs1)C(=O)N[C@@H](C(N)=O)c1ccc(OCc2c(Cl)cccc2Cl)cc1. The lowest BCUT2D eigenvalue weighted by atomic mass is 10.0. The highest BCUT2D eigenvalue weighted by atomic mass is 35.5. The lowest BCUT2D eigenvalue weighted by molar-refractivity contribution is -0.132. The fraction of sp³-hybridized carbons (Fsp3) is 0.289. The van der Waals surface area contributed by atoms with E-state index in [1.807, 2.05) is 35.7 Å². The zero-order valence-corrected chi connectivity index (χ0v) is 31.8. The number of nitrogens with zero attached hydrogens (tertiary/aromatic N) is 1. The van der Waals surface area contributed by atoms with Crippen LogP contribution in [0.15, 0.2) is 89.2 Å². The number of aliphatic imine (C=N–C) groups is 1. The normalized spacial score (nSPS) is 12.5. The molecule has 16 heteroatoms. The van der Waals surface area contributed by atoms with Crippen molar-refractivity contribution in [3.05, 3.63) is 110 Å². The molecule has 0 saturated heterocycles. The Kier molecular flexibility index (Phi) is 16.1. The average Bonchev–Trinajstić information content (AvgIpc) is 3.66. The van der Waals surface area contributed by atoms with E-state index < -0.39 is 41.8 Å². The lowest BCUT2D eigenvalue weighted by Crippen LogP contribution is -2.54. The first kappa shape index (κ1) is 41.6. The van der Waals surface area contributed by atoms with E-state index in [1.165, 1.54) is 11.3 Å². The van der Waals surface area contributed by atoms with Crippen molar-refractivity contribution in [2.24, 2.45) is 27.9 Å². The molecule has 0 spiro atoms. The number of nitrogens with two attached hydrogens (primary N) is 4. The number of primary amides is 1. The van der Waals surface area contributed by atoms with Gasteiger partial charge in [0, 0.05) is 22.2 Å². The number of amides is 4. The van der Waals surface area contributed by atoms with Crippen LogP contribution in [-0.4, -0.2) is 54.8 Å². The monoisotopic (exact) mass is 794 g/mol. The van der Waals surface area contributed by atoms with Crippen molar-refractivity contribution in [1.82, 2.24) is 16.0 Å². The summed E-state index contributed by atoms with van der Waals surface area (Å²) in [7, 11) is 0. The molecule has 0 unspecified atom stereocenters. The maximum absolute atomic E-state index is 13.8. The van der Waals surface area contributed by atoms with Crippen molar-refractivity contribution in [2.45, 2.75) is 56.8 Å². The number of benzene rings is 3. The minimum atomic E-state index is -1.23. The zero-order chi connectivity index (χ0) is 39.0. The molecule has 0 aliphatic heterocycles. The van der Waals surface area contributed by atoms with Crippen molar-refractivity contribution in [1.29, 1.82) is 0 Å². The third-order valence-electron chi connectivity index (χ3n) is 8.31. The number of hydrogen-bond acceptors (Lipinski definition) is 8. The van der Waals surface area contributed by atoms with Gasteiger partial charge in [-0.15, -0.1) is 11.3 Å². The van der Waals surface area contributed by atoms with Gasteiger partial charge >= 0.3 is 0 Å². The van der Waals surface area contributed by atoms with Crippen LogP contribution in [0, 0.1) is 0 Å². The number of unbranched alkanes of at least 4 members (excludes halogenated alkanes) is 1. The number of rotatable bonds is 20. The van der Waals surface area contributed by atoms with Crippen LogP contribution in [0.25, 0.3) is 11.1 Å². The summed E-state index contributed by atoms with van der Waals surface area (Å²) in [6, 6.07) is 19.6. The van der Waals surface area contributed by atoms with E-state index >= 15 is 0 Å². The van der Waals surface area contributed by atoms with E-state index in [2.05, 4.69) is 20.9 Å². The summed E-state index contributed by atoms with van der Waals surface area (Å²) >= 11 is 13.7. The standard InChI is InChI=1S/C38H44Cl2N8O5S/c39-28-10-6-11-29(40)27(28)21-53-26-16-14-24(15-17-26)33(34(42)49)48-36(51)30(12-4-5-18-41)46-35(50)31(13-7-19-45-38(43)44)47-37(52)32-20-25(22-54-32)23-8-2-1-3-9-23/h1-3,6,8-11,14-17,20,22,30-31,33H,4-5,7,12-13,18-19,21,41H2,(H2,42,49)(H,46,50)(H,47,52)(H,48,51)(H4,43,44,45)/t30-,31-,33+/m0/s1.